The summed E-state index contributed by atoms with van der Waals surface area (Å²) in [6.45, 7) is 2.83. The molecule has 0 aliphatic carbocycles. The van der Waals surface area contributed by atoms with Crippen molar-refractivity contribution in [2.75, 3.05) is 0 Å². The van der Waals surface area contributed by atoms with Gasteiger partial charge in [-0.1, -0.05) is 25.5 Å². The molecule has 0 fully saturated rings. The molecule has 1 radical (unpaired) electrons. The topological polar surface area (TPSA) is 61.2 Å². The van der Waals surface area contributed by atoms with E-state index in [0.717, 1.165) is 40.2 Å². The average Bonchev–Trinajstić information content (AvgIpc) is 3.22. The highest BCUT2D eigenvalue weighted by Crippen LogP contribution is 2.33. The van der Waals surface area contributed by atoms with Gasteiger partial charge in [-0.3, -0.25) is 4.79 Å². The molecule has 4 aromatic rings. The van der Waals surface area contributed by atoms with Crippen LogP contribution in [-0.4, -0.2) is 10.5 Å². The van der Waals surface area contributed by atoms with E-state index in [9.17, 15) is 4.79 Å². The van der Waals surface area contributed by atoms with Crippen LogP contribution in [0.1, 0.15) is 34.8 Å². The van der Waals surface area contributed by atoms with Gasteiger partial charge in [-0.15, -0.1) is 0 Å². The number of amides is 1. The van der Waals surface area contributed by atoms with Crippen molar-refractivity contribution in [1.29, 1.82) is 0 Å². The van der Waals surface area contributed by atoms with E-state index < -0.39 is 5.91 Å². The van der Waals surface area contributed by atoms with Crippen molar-refractivity contribution in [3.8, 4) is 0 Å². The summed E-state index contributed by atoms with van der Waals surface area (Å²) in [5.41, 5.74) is 10.5. The van der Waals surface area contributed by atoms with E-state index in [1.807, 2.05) is 24.3 Å². The number of aryl methyl sites for hydroxylation is 1. The molecule has 4 rings (SSSR count). The van der Waals surface area contributed by atoms with Crippen LogP contribution in [-0.2, 0) is 13.0 Å². The number of hydrogen-bond donors (Lipinski definition) is 1. The standard InChI is InChI=1S/C21H19N2O2/c1-2-4-14-7-8-16-19(11-14)23(12-15-9-10-25-13-15)18-6-3-5-17(20(16)18)21(22)24/h3,5-7,9-11,13H,2,4,12H2,1H3,(H2,22,24). The van der Waals surface area contributed by atoms with Gasteiger partial charge >= 0.3 is 0 Å². The van der Waals surface area contributed by atoms with E-state index in [4.69, 9.17) is 10.2 Å². The molecule has 2 aromatic carbocycles. The minimum absolute atomic E-state index is 0.418. The maximum absolute atomic E-state index is 11.9. The number of furan rings is 1. The van der Waals surface area contributed by atoms with Crippen LogP contribution in [0.3, 0.4) is 0 Å². The van der Waals surface area contributed by atoms with E-state index in [0.29, 0.717) is 12.1 Å². The smallest absolute Gasteiger partial charge is 0.249 e. The highest BCUT2D eigenvalue weighted by Gasteiger charge is 2.17. The molecule has 4 heteroatoms. The largest absolute Gasteiger partial charge is 0.472 e. The van der Waals surface area contributed by atoms with Crippen molar-refractivity contribution in [3.05, 3.63) is 71.7 Å². The lowest BCUT2D eigenvalue weighted by Crippen LogP contribution is -2.11. The number of hydrogen-bond acceptors (Lipinski definition) is 2. The summed E-state index contributed by atoms with van der Waals surface area (Å²) in [6, 6.07) is 15.2. The van der Waals surface area contributed by atoms with Crippen LogP contribution in [0.15, 0.2) is 53.3 Å². The predicted molar refractivity (Wildman–Crippen MR) is 98.6 cm³/mol. The lowest BCUT2D eigenvalue weighted by Gasteiger charge is -2.07. The summed E-state index contributed by atoms with van der Waals surface area (Å²) in [6.07, 6.45) is 5.50. The molecule has 0 unspecified atom stereocenters. The lowest BCUT2D eigenvalue weighted by molar-refractivity contribution is 0.100. The van der Waals surface area contributed by atoms with Crippen LogP contribution in [0.5, 0.6) is 0 Å². The van der Waals surface area contributed by atoms with Gasteiger partial charge in [0.1, 0.15) is 0 Å². The number of fused-ring (bicyclic) bond motifs is 3. The molecule has 125 valence electrons. The van der Waals surface area contributed by atoms with Crippen molar-refractivity contribution in [1.82, 2.24) is 4.57 Å². The van der Waals surface area contributed by atoms with Gasteiger partial charge in [0.25, 0.3) is 0 Å². The number of carbonyl (C=O) groups excluding carboxylic acids is 1. The van der Waals surface area contributed by atoms with Gasteiger partial charge in [0.05, 0.1) is 30.1 Å². The molecule has 0 atom stereocenters. The third-order valence-corrected chi connectivity index (χ3v) is 4.58. The first kappa shape index (κ1) is 15.5. The Kier molecular flexibility index (Phi) is 3.80. The zero-order valence-electron chi connectivity index (χ0n) is 14.1. The lowest BCUT2D eigenvalue weighted by atomic mass is 10.0. The van der Waals surface area contributed by atoms with Crippen molar-refractivity contribution in [2.24, 2.45) is 5.73 Å². The van der Waals surface area contributed by atoms with Gasteiger partial charge in [-0.05, 0) is 42.3 Å². The molecule has 0 saturated heterocycles. The monoisotopic (exact) mass is 331 g/mol. The number of aromatic nitrogens is 1. The first-order chi connectivity index (χ1) is 12.2. The second kappa shape index (κ2) is 6.13. The Hall–Kier alpha value is -3.01. The Bertz CT molecular complexity index is 1060. The molecule has 4 nitrogen and oxygen atoms in total. The minimum Gasteiger partial charge on any atom is -0.472 e. The van der Waals surface area contributed by atoms with E-state index in [1.165, 1.54) is 5.56 Å². The van der Waals surface area contributed by atoms with Gasteiger partial charge in [0.15, 0.2) is 0 Å². The molecule has 0 bridgehead atoms. The Balaban J connectivity index is 2.05. The normalized spacial score (nSPS) is 11.4. The van der Waals surface area contributed by atoms with Gasteiger partial charge in [0, 0.05) is 21.9 Å². The van der Waals surface area contributed by atoms with Crippen molar-refractivity contribution < 1.29 is 9.21 Å². The van der Waals surface area contributed by atoms with Crippen LogP contribution < -0.4 is 5.73 Å². The Labute approximate surface area is 145 Å². The first-order valence-corrected chi connectivity index (χ1v) is 8.45. The zero-order valence-corrected chi connectivity index (χ0v) is 14.1. The van der Waals surface area contributed by atoms with E-state index in [1.54, 1.807) is 18.6 Å². The van der Waals surface area contributed by atoms with Crippen molar-refractivity contribution >= 4 is 27.7 Å². The molecular weight excluding hydrogens is 312 g/mol. The number of benzene rings is 2. The fraction of sp³-hybridized carbons (Fsp3) is 0.190. The molecule has 1 amide bonds. The summed E-state index contributed by atoms with van der Waals surface area (Å²) in [5, 5.41) is 1.81. The highest BCUT2D eigenvalue weighted by molar-refractivity contribution is 6.17. The quantitative estimate of drug-likeness (QED) is 0.593. The molecule has 2 heterocycles. The Morgan fingerprint density at radius 1 is 1.24 bits per heavy atom. The molecule has 2 aromatic heterocycles. The Morgan fingerprint density at radius 2 is 2.12 bits per heavy atom. The van der Waals surface area contributed by atoms with Gasteiger partial charge in [-0.2, -0.15) is 0 Å². The third kappa shape index (κ3) is 2.60. The molecule has 0 saturated carbocycles. The molecule has 25 heavy (non-hydrogen) atoms. The van der Waals surface area contributed by atoms with Crippen molar-refractivity contribution in [2.45, 2.75) is 26.3 Å². The predicted octanol–water partition coefficient (Wildman–Crippen LogP) is 4.29. The maximum atomic E-state index is 11.9. The molecular formula is C21H19N2O2. The van der Waals surface area contributed by atoms with E-state index >= 15 is 0 Å². The fourth-order valence-electron chi connectivity index (χ4n) is 3.47. The first-order valence-electron chi connectivity index (χ1n) is 8.45. The van der Waals surface area contributed by atoms with Crippen LogP contribution in [0, 0.1) is 6.07 Å². The van der Waals surface area contributed by atoms with Crippen LogP contribution in [0.4, 0.5) is 0 Å². The SMILES string of the molecule is CCCc1c[c]c2c3c(C(N)=O)cccc3n(Cc3ccoc3)c2c1. The number of rotatable bonds is 5. The minimum atomic E-state index is -0.418. The maximum Gasteiger partial charge on any atom is 0.249 e. The summed E-state index contributed by atoms with van der Waals surface area (Å²) in [5.74, 6) is -0.418. The number of carbonyl (C=O) groups is 1. The van der Waals surface area contributed by atoms with Gasteiger partial charge in [0.2, 0.25) is 5.91 Å². The molecule has 2 N–H and O–H groups in total. The van der Waals surface area contributed by atoms with Crippen molar-refractivity contribution in [3.63, 3.8) is 0 Å². The summed E-state index contributed by atoms with van der Waals surface area (Å²) in [7, 11) is 0. The molecule has 0 aliphatic rings. The fourth-order valence-corrected chi connectivity index (χ4v) is 3.47. The number of nitrogens with two attached hydrogens (primary N) is 1. The molecule has 0 aliphatic heterocycles. The Morgan fingerprint density at radius 3 is 2.84 bits per heavy atom. The van der Waals surface area contributed by atoms with Gasteiger partial charge in [-0.25, -0.2) is 0 Å². The highest BCUT2D eigenvalue weighted by atomic mass is 16.3. The molecule has 0 spiro atoms. The van der Waals surface area contributed by atoms with E-state index in [-0.39, 0.29) is 0 Å². The summed E-state index contributed by atoms with van der Waals surface area (Å²) in [4.78, 5) is 11.9. The van der Waals surface area contributed by atoms with Crippen LogP contribution in [0.25, 0.3) is 21.8 Å². The third-order valence-electron chi connectivity index (χ3n) is 4.58. The number of primary amides is 1. The second-order valence-corrected chi connectivity index (χ2v) is 6.30. The number of nitrogens with zero attached hydrogens (tertiary/aromatic N) is 1. The van der Waals surface area contributed by atoms with E-state index in [2.05, 4.69) is 23.6 Å². The summed E-state index contributed by atoms with van der Waals surface area (Å²) < 4.78 is 7.42. The second-order valence-electron chi connectivity index (χ2n) is 6.30. The van der Waals surface area contributed by atoms with Gasteiger partial charge < -0.3 is 14.7 Å². The zero-order chi connectivity index (χ0) is 17.4. The van der Waals surface area contributed by atoms with Crippen LogP contribution in [0.2, 0.25) is 0 Å². The van der Waals surface area contributed by atoms with Crippen LogP contribution >= 0.6 is 0 Å². The summed E-state index contributed by atoms with van der Waals surface area (Å²) >= 11 is 0. The average molecular weight is 331 g/mol.